The summed E-state index contributed by atoms with van der Waals surface area (Å²) in [6.07, 6.45) is 2.10. The fourth-order valence-electron chi connectivity index (χ4n) is 3.65. The Morgan fingerprint density at radius 3 is 2.87 bits per heavy atom. The summed E-state index contributed by atoms with van der Waals surface area (Å²) >= 11 is 1.24. The van der Waals surface area contributed by atoms with Gasteiger partial charge in [-0.2, -0.15) is 9.94 Å². The third-order valence-electron chi connectivity index (χ3n) is 5.38. The number of hydrogen-bond donors (Lipinski definition) is 1. The second-order valence-corrected chi connectivity index (χ2v) is 8.28. The van der Waals surface area contributed by atoms with Gasteiger partial charge in [0.15, 0.2) is 0 Å². The number of carbonyl (C=O) groups excluding carboxylic acids is 1. The molecule has 9 nitrogen and oxygen atoms in total. The quantitative estimate of drug-likeness (QED) is 0.566. The third kappa shape index (κ3) is 4.47. The van der Waals surface area contributed by atoms with Crippen molar-refractivity contribution in [2.45, 2.75) is 44.5 Å². The van der Waals surface area contributed by atoms with Crippen LogP contribution in [-0.2, 0) is 16.1 Å². The zero-order chi connectivity index (χ0) is 21.8. The summed E-state index contributed by atoms with van der Waals surface area (Å²) in [5.41, 5.74) is 3.14. The maximum absolute atomic E-state index is 12.8. The topological polar surface area (TPSA) is 111 Å². The van der Waals surface area contributed by atoms with Crippen molar-refractivity contribution in [2.75, 3.05) is 17.7 Å². The van der Waals surface area contributed by atoms with E-state index in [4.69, 9.17) is 4.74 Å². The average Bonchev–Trinajstić information content (AvgIpc) is 3.51. The van der Waals surface area contributed by atoms with E-state index in [2.05, 4.69) is 26.9 Å². The van der Waals surface area contributed by atoms with Gasteiger partial charge in [0.2, 0.25) is 11.1 Å². The van der Waals surface area contributed by atoms with Crippen LogP contribution < -0.4 is 5.32 Å². The molecular weight excluding hydrogens is 414 g/mol. The highest BCUT2D eigenvalue weighted by atomic mass is 32.2. The lowest BCUT2D eigenvalue weighted by atomic mass is 10.2. The Morgan fingerprint density at radius 2 is 2.16 bits per heavy atom. The molecule has 0 unspecified atom stereocenters. The lowest BCUT2D eigenvalue weighted by Crippen LogP contribution is -2.22. The Hall–Kier alpha value is -3.16. The van der Waals surface area contributed by atoms with Crippen LogP contribution in [0.4, 0.5) is 5.82 Å². The summed E-state index contributed by atoms with van der Waals surface area (Å²) in [4.78, 5) is 12.8. The van der Waals surface area contributed by atoms with E-state index in [1.54, 1.807) is 4.68 Å². The zero-order valence-electron chi connectivity index (χ0n) is 17.4. The Morgan fingerprint density at radius 1 is 1.35 bits per heavy atom. The number of para-hydroxylation sites is 1. The molecule has 0 radical (unpaired) electrons. The molecule has 0 aliphatic carbocycles. The molecule has 31 heavy (non-hydrogen) atoms. The van der Waals surface area contributed by atoms with Gasteiger partial charge in [-0.3, -0.25) is 4.79 Å². The van der Waals surface area contributed by atoms with Crippen LogP contribution in [0.2, 0.25) is 0 Å². The highest BCUT2D eigenvalue weighted by Crippen LogP contribution is 2.29. The number of hydrogen-bond acceptors (Lipinski definition) is 7. The van der Waals surface area contributed by atoms with Crippen LogP contribution >= 0.6 is 11.8 Å². The van der Waals surface area contributed by atoms with E-state index in [0.717, 1.165) is 36.4 Å². The monoisotopic (exact) mass is 437 g/mol. The molecule has 10 heteroatoms. The molecule has 0 spiro atoms. The minimum Gasteiger partial charge on any atom is -0.376 e. The number of nitrogens with one attached hydrogen (secondary N) is 1. The van der Waals surface area contributed by atoms with E-state index in [1.165, 1.54) is 11.8 Å². The Bertz CT molecular complexity index is 1110. The van der Waals surface area contributed by atoms with E-state index < -0.39 is 0 Å². The molecular formula is C21H23N7O2S. The molecule has 3 aromatic rings. The first-order chi connectivity index (χ1) is 15.1. The number of thioether (sulfide) groups is 1. The fraction of sp³-hybridized carbons (Fsp3) is 0.381. The molecule has 1 aromatic carbocycles. The maximum Gasteiger partial charge on any atom is 0.235 e. The predicted molar refractivity (Wildman–Crippen MR) is 116 cm³/mol. The van der Waals surface area contributed by atoms with Crippen molar-refractivity contribution in [1.29, 1.82) is 5.26 Å². The summed E-state index contributed by atoms with van der Waals surface area (Å²) in [7, 11) is 0. The van der Waals surface area contributed by atoms with Gasteiger partial charge >= 0.3 is 0 Å². The van der Waals surface area contributed by atoms with Crippen LogP contribution in [0.5, 0.6) is 0 Å². The Balaban J connectivity index is 1.49. The Kier molecular flexibility index (Phi) is 6.34. The molecule has 1 N–H and O–H groups in total. The smallest absolute Gasteiger partial charge is 0.235 e. The molecule has 1 saturated heterocycles. The van der Waals surface area contributed by atoms with Crippen molar-refractivity contribution in [3.63, 3.8) is 0 Å². The van der Waals surface area contributed by atoms with Crippen LogP contribution in [0.1, 0.15) is 29.7 Å². The SMILES string of the molecule is Cc1c(C#N)c(NC(=O)CSc2nnnn2-c2ccccc2)n(C[C@@H]2CCCO2)c1C. The molecule has 0 saturated carbocycles. The van der Waals surface area contributed by atoms with Crippen molar-refractivity contribution in [3.05, 3.63) is 47.2 Å². The number of nitriles is 1. The number of carbonyl (C=O) groups is 1. The molecule has 1 aliphatic rings. The number of anilines is 1. The highest BCUT2D eigenvalue weighted by molar-refractivity contribution is 7.99. The van der Waals surface area contributed by atoms with E-state index >= 15 is 0 Å². The molecule has 3 heterocycles. The third-order valence-corrected chi connectivity index (χ3v) is 6.30. The molecule has 1 amide bonds. The first-order valence-corrected chi connectivity index (χ1v) is 11.0. The molecule has 0 bridgehead atoms. The Labute approximate surface area is 184 Å². The van der Waals surface area contributed by atoms with Crippen molar-refractivity contribution in [2.24, 2.45) is 0 Å². The first kappa shape index (κ1) is 21.1. The van der Waals surface area contributed by atoms with Crippen LogP contribution in [0.15, 0.2) is 35.5 Å². The number of benzene rings is 1. The van der Waals surface area contributed by atoms with Crippen molar-refractivity contribution < 1.29 is 9.53 Å². The number of tetrazole rings is 1. The predicted octanol–water partition coefficient (Wildman–Crippen LogP) is 2.86. The zero-order valence-corrected chi connectivity index (χ0v) is 18.2. The van der Waals surface area contributed by atoms with Gasteiger partial charge in [0.05, 0.1) is 29.7 Å². The molecule has 160 valence electrons. The first-order valence-electron chi connectivity index (χ1n) is 10.1. The van der Waals surface area contributed by atoms with Crippen molar-refractivity contribution in [1.82, 2.24) is 24.8 Å². The van der Waals surface area contributed by atoms with Crippen LogP contribution in [0.3, 0.4) is 0 Å². The number of aromatic nitrogens is 5. The standard InChI is InChI=1S/C21H23N7O2S/c1-14-15(2)27(12-17-9-6-10-30-17)20(18(14)11-22)23-19(29)13-31-21-24-25-26-28(21)16-7-4-3-5-8-16/h3-5,7-8,17H,6,9-10,12-13H2,1-2H3,(H,23,29)/t17-/m0/s1. The fourth-order valence-corrected chi connectivity index (χ4v) is 4.34. The normalized spacial score (nSPS) is 15.7. The lowest BCUT2D eigenvalue weighted by Gasteiger charge is -2.16. The average molecular weight is 438 g/mol. The highest BCUT2D eigenvalue weighted by Gasteiger charge is 2.24. The molecule has 1 atom stereocenters. The minimum absolute atomic E-state index is 0.0950. The van der Waals surface area contributed by atoms with Crippen LogP contribution in [0.25, 0.3) is 5.69 Å². The minimum atomic E-state index is -0.227. The van der Waals surface area contributed by atoms with Gasteiger partial charge in [-0.1, -0.05) is 30.0 Å². The summed E-state index contributed by atoms with van der Waals surface area (Å²) in [5.74, 6) is 0.415. The van der Waals surface area contributed by atoms with Crippen molar-refractivity contribution in [3.8, 4) is 11.8 Å². The number of ether oxygens (including phenoxy) is 1. The van der Waals surface area contributed by atoms with Gasteiger partial charge in [-0.25, -0.2) is 0 Å². The molecule has 4 rings (SSSR count). The number of rotatable bonds is 7. The van der Waals surface area contributed by atoms with Gasteiger partial charge in [0.25, 0.3) is 0 Å². The van der Waals surface area contributed by atoms with Gasteiger partial charge < -0.3 is 14.6 Å². The second kappa shape index (κ2) is 9.32. The largest absolute Gasteiger partial charge is 0.376 e. The van der Waals surface area contributed by atoms with Crippen molar-refractivity contribution >= 4 is 23.5 Å². The van der Waals surface area contributed by atoms with Crippen LogP contribution in [-0.4, -0.2) is 49.1 Å². The van der Waals surface area contributed by atoms with E-state index in [1.807, 2.05) is 48.7 Å². The summed E-state index contributed by atoms with van der Waals surface area (Å²) in [6, 6.07) is 11.7. The van der Waals surface area contributed by atoms with Gasteiger partial charge in [0, 0.05) is 12.3 Å². The summed E-state index contributed by atoms with van der Waals surface area (Å²) in [6.45, 7) is 5.23. The second-order valence-electron chi connectivity index (χ2n) is 7.34. The van der Waals surface area contributed by atoms with E-state index in [-0.39, 0.29) is 17.8 Å². The van der Waals surface area contributed by atoms with Crippen LogP contribution in [0, 0.1) is 25.2 Å². The summed E-state index contributed by atoms with van der Waals surface area (Å²) < 4.78 is 9.34. The van der Waals surface area contributed by atoms with Gasteiger partial charge in [-0.05, 0) is 54.8 Å². The van der Waals surface area contributed by atoms with E-state index in [0.29, 0.717) is 23.1 Å². The maximum atomic E-state index is 12.8. The van der Waals surface area contributed by atoms with Gasteiger partial charge in [-0.15, -0.1) is 5.10 Å². The van der Waals surface area contributed by atoms with E-state index in [9.17, 15) is 10.1 Å². The molecule has 1 aliphatic heterocycles. The summed E-state index contributed by atoms with van der Waals surface area (Å²) in [5, 5.41) is 24.9. The molecule has 2 aromatic heterocycles. The van der Waals surface area contributed by atoms with Gasteiger partial charge in [0.1, 0.15) is 11.9 Å². The number of amides is 1. The lowest BCUT2D eigenvalue weighted by molar-refractivity contribution is -0.113. The molecule has 1 fully saturated rings. The number of nitrogens with zero attached hydrogens (tertiary/aromatic N) is 6.